The molecule has 1 aliphatic rings. The minimum Gasteiger partial charge on any atom is -0.309 e. The molecule has 0 saturated carbocycles. The first-order chi connectivity index (χ1) is 14.5. The third kappa shape index (κ3) is 3.59. The number of hydrogen-bond donors (Lipinski definition) is 0. The van der Waals surface area contributed by atoms with Crippen molar-refractivity contribution < 1.29 is 14.0 Å². The van der Waals surface area contributed by atoms with Gasteiger partial charge in [-0.3, -0.25) is 9.59 Å². The van der Waals surface area contributed by atoms with Gasteiger partial charge in [0.15, 0.2) is 0 Å². The Hall–Kier alpha value is -3.47. The summed E-state index contributed by atoms with van der Waals surface area (Å²) in [6.07, 6.45) is 0.576. The number of fused-ring (bicyclic) bond motifs is 1. The van der Waals surface area contributed by atoms with Crippen molar-refractivity contribution in [2.45, 2.75) is 32.4 Å². The molecule has 4 nitrogen and oxygen atoms in total. The molecular weight excluding hydrogens is 379 g/mol. The Morgan fingerprint density at radius 3 is 2.23 bits per heavy atom. The summed E-state index contributed by atoms with van der Waals surface area (Å²) in [4.78, 5) is 29.4. The van der Waals surface area contributed by atoms with Crippen LogP contribution in [0.3, 0.4) is 0 Å². The van der Waals surface area contributed by atoms with Crippen LogP contribution in [0.4, 0.5) is 15.8 Å². The van der Waals surface area contributed by atoms with E-state index in [0.29, 0.717) is 17.7 Å². The summed E-state index contributed by atoms with van der Waals surface area (Å²) in [6.45, 7) is 3.54. The first kappa shape index (κ1) is 19.8. The number of anilines is 2. The van der Waals surface area contributed by atoms with Crippen molar-refractivity contribution >= 4 is 23.2 Å². The van der Waals surface area contributed by atoms with Gasteiger partial charge < -0.3 is 9.80 Å². The Kier molecular flexibility index (Phi) is 5.36. The predicted octanol–water partition coefficient (Wildman–Crippen LogP) is 5.36. The van der Waals surface area contributed by atoms with Gasteiger partial charge in [0, 0.05) is 29.9 Å². The second kappa shape index (κ2) is 8.11. The van der Waals surface area contributed by atoms with E-state index < -0.39 is 0 Å². The van der Waals surface area contributed by atoms with E-state index >= 15 is 0 Å². The van der Waals surface area contributed by atoms with E-state index in [1.165, 1.54) is 12.1 Å². The Balaban J connectivity index is 1.86. The highest BCUT2D eigenvalue weighted by atomic mass is 19.1. The molecule has 3 aromatic rings. The summed E-state index contributed by atoms with van der Waals surface area (Å²) < 4.78 is 13.6. The Labute approximate surface area is 175 Å². The lowest BCUT2D eigenvalue weighted by molar-refractivity contribution is -0.117. The SMILES string of the molecule is CC(=O)N1c2ccccc2[C@@H](N(C(=O)c2ccccc2)c2ccc(F)cc2)C[C@H]1C. The van der Waals surface area contributed by atoms with Crippen LogP contribution in [0.5, 0.6) is 0 Å². The molecule has 2 atom stereocenters. The van der Waals surface area contributed by atoms with E-state index in [1.807, 2.05) is 49.4 Å². The molecule has 0 bridgehead atoms. The summed E-state index contributed by atoms with van der Waals surface area (Å²) in [5.41, 5.74) is 2.88. The van der Waals surface area contributed by atoms with Crippen molar-refractivity contribution in [1.29, 1.82) is 0 Å². The molecule has 0 radical (unpaired) electrons. The van der Waals surface area contributed by atoms with Crippen LogP contribution in [0.25, 0.3) is 0 Å². The molecule has 152 valence electrons. The topological polar surface area (TPSA) is 40.6 Å². The van der Waals surface area contributed by atoms with Crippen LogP contribution < -0.4 is 9.80 Å². The molecule has 4 rings (SSSR count). The monoisotopic (exact) mass is 402 g/mol. The molecule has 1 heterocycles. The smallest absolute Gasteiger partial charge is 0.258 e. The van der Waals surface area contributed by atoms with Crippen LogP contribution in [0.1, 0.15) is 42.2 Å². The number of rotatable bonds is 3. The minimum absolute atomic E-state index is 0.0314. The summed E-state index contributed by atoms with van der Waals surface area (Å²) in [5.74, 6) is -0.548. The maximum Gasteiger partial charge on any atom is 0.258 e. The zero-order chi connectivity index (χ0) is 21.3. The summed E-state index contributed by atoms with van der Waals surface area (Å²) in [7, 11) is 0. The Morgan fingerprint density at radius 1 is 0.933 bits per heavy atom. The predicted molar refractivity (Wildman–Crippen MR) is 116 cm³/mol. The summed E-state index contributed by atoms with van der Waals surface area (Å²) >= 11 is 0. The second-order valence-corrected chi connectivity index (χ2v) is 7.57. The van der Waals surface area contributed by atoms with E-state index in [4.69, 9.17) is 0 Å². The Bertz CT molecular complexity index is 1070. The standard InChI is InChI=1S/C25H23FN2O2/c1-17-16-24(22-10-6-7-11-23(22)27(17)18(2)29)28(21-14-12-20(26)13-15-21)25(30)19-8-4-3-5-9-19/h3-15,17,24H,16H2,1-2H3/t17-,24+/m1/s1. The number of carbonyl (C=O) groups is 2. The van der Waals surface area contributed by atoms with Crippen LogP contribution in [-0.4, -0.2) is 17.9 Å². The number of benzene rings is 3. The third-order valence-corrected chi connectivity index (χ3v) is 5.56. The molecule has 5 heteroatoms. The molecular formula is C25H23FN2O2. The number of nitrogens with zero attached hydrogens (tertiary/aromatic N) is 2. The van der Waals surface area contributed by atoms with Gasteiger partial charge in [-0.1, -0.05) is 36.4 Å². The largest absolute Gasteiger partial charge is 0.309 e. The molecule has 2 amide bonds. The molecule has 0 aromatic heterocycles. The van der Waals surface area contributed by atoms with Crippen LogP contribution in [0, 0.1) is 5.82 Å². The maximum atomic E-state index is 13.6. The van der Waals surface area contributed by atoms with E-state index in [1.54, 1.807) is 41.0 Å². The van der Waals surface area contributed by atoms with Crippen LogP contribution in [0.15, 0.2) is 78.9 Å². The van der Waals surface area contributed by atoms with Gasteiger partial charge in [-0.2, -0.15) is 0 Å². The lowest BCUT2D eigenvalue weighted by Gasteiger charge is -2.43. The van der Waals surface area contributed by atoms with Crippen LogP contribution in [0.2, 0.25) is 0 Å². The molecule has 0 N–H and O–H groups in total. The number of hydrogen-bond acceptors (Lipinski definition) is 2. The van der Waals surface area contributed by atoms with Gasteiger partial charge >= 0.3 is 0 Å². The first-order valence-corrected chi connectivity index (χ1v) is 10.00. The molecule has 0 aliphatic carbocycles. The van der Waals surface area contributed by atoms with E-state index in [-0.39, 0.29) is 29.7 Å². The molecule has 0 spiro atoms. The normalized spacial score (nSPS) is 17.9. The third-order valence-electron chi connectivity index (χ3n) is 5.56. The van der Waals surface area contributed by atoms with Gasteiger partial charge in [0.25, 0.3) is 5.91 Å². The zero-order valence-electron chi connectivity index (χ0n) is 17.0. The first-order valence-electron chi connectivity index (χ1n) is 10.00. The average molecular weight is 402 g/mol. The number of amides is 2. The minimum atomic E-state index is -0.356. The second-order valence-electron chi connectivity index (χ2n) is 7.57. The summed E-state index contributed by atoms with van der Waals surface area (Å²) in [5, 5.41) is 0. The van der Waals surface area contributed by atoms with Gasteiger partial charge in [-0.05, 0) is 61.4 Å². The van der Waals surface area contributed by atoms with Crippen molar-refractivity contribution in [3.05, 3.63) is 95.8 Å². The molecule has 3 aromatic carbocycles. The van der Waals surface area contributed by atoms with Gasteiger partial charge in [-0.15, -0.1) is 0 Å². The zero-order valence-corrected chi connectivity index (χ0v) is 17.0. The molecule has 0 unspecified atom stereocenters. The fraction of sp³-hybridized carbons (Fsp3) is 0.200. The Morgan fingerprint density at radius 2 is 1.57 bits per heavy atom. The average Bonchev–Trinajstić information content (AvgIpc) is 2.75. The highest BCUT2D eigenvalue weighted by molar-refractivity contribution is 6.07. The number of halogens is 1. The fourth-order valence-corrected chi connectivity index (χ4v) is 4.27. The molecule has 0 saturated heterocycles. The van der Waals surface area contributed by atoms with E-state index in [0.717, 1.165) is 11.3 Å². The summed E-state index contributed by atoms with van der Waals surface area (Å²) in [6, 6.07) is 22.3. The molecule has 1 aliphatic heterocycles. The van der Waals surface area contributed by atoms with Crippen molar-refractivity contribution in [2.75, 3.05) is 9.80 Å². The van der Waals surface area contributed by atoms with Crippen molar-refractivity contribution in [3.63, 3.8) is 0 Å². The van der Waals surface area contributed by atoms with Gasteiger partial charge in [0.2, 0.25) is 5.91 Å². The maximum absolute atomic E-state index is 13.6. The van der Waals surface area contributed by atoms with E-state index in [9.17, 15) is 14.0 Å². The lowest BCUT2D eigenvalue weighted by Crippen LogP contribution is -2.47. The number of para-hydroxylation sites is 1. The van der Waals surface area contributed by atoms with Gasteiger partial charge in [0.05, 0.1) is 6.04 Å². The number of carbonyl (C=O) groups excluding carboxylic acids is 2. The highest BCUT2D eigenvalue weighted by Gasteiger charge is 2.37. The highest BCUT2D eigenvalue weighted by Crippen LogP contribution is 2.42. The van der Waals surface area contributed by atoms with Crippen LogP contribution in [-0.2, 0) is 4.79 Å². The van der Waals surface area contributed by atoms with Gasteiger partial charge in [0.1, 0.15) is 5.82 Å². The van der Waals surface area contributed by atoms with Crippen molar-refractivity contribution in [1.82, 2.24) is 0 Å². The fourth-order valence-electron chi connectivity index (χ4n) is 4.27. The lowest BCUT2D eigenvalue weighted by atomic mass is 9.89. The van der Waals surface area contributed by atoms with E-state index in [2.05, 4.69) is 0 Å². The van der Waals surface area contributed by atoms with Crippen molar-refractivity contribution in [2.24, 2.45) is 0 Å². The molecule has 0 fully saturated rings. The quantitative estimate of drug-likeness (QED) is 0.592. The molecule has 30 heavy (non-hydrogen) atoms. The van der Waals surface area contributed by atoms with Crippen molar-refractivity contribution in [3.8, 4) is 0 Å². The van der Waals surface area contributed by atoms with Crippen LogP contribution >= 0.6 is 0 Å². The van der Waals surface area contributed by atoms with Gasteiger partial charge in [-0.25, -0.2) is 4.39 Å².